The van der Waals surface area contributed by atoms with E-state index in [2.05, 4.69) is 0 Å². The lowest BCUT2D eigenvalue weighted by molar-refractivity contribution is -0.147. The summed E-state index contributed by atoms with van der Waals surface area (Å²) in [6.07, 6.45) is -4.28. The largest absolute Gasteiger partial charge is 0.401 e. The molecule has 0 unspecified atom stereocenters. The number of anilines is 1. The van der Waals surface area contributed by atoms with Crippen molar-refractivity contribution in [3.05, 3.63) is 29.8 Å². The zero-order valence-corrected chi connectivity index (χ0v) is 9.24. The first-order valence-electron chi connectivity index (χ1n) is 5.15. The summed E-state index contributed by atoms with van der Waals surface area (Å²) in [7, 11) is 0. The van der Waals surface area contributed by atoms with Gasteiger partial charge in [-0.1, -0.05) is 18.2 Å². The maximum absolute atomic E-state index is 12.3. The molecule has 0 aliphatic heterocycles. The number of alkyl halides is 3. The van der Waals surface area contributed by atoms with Gasteiger partial charge in [-0.25, -0.2) is 0 Å². The van der Waals surface area contributed by atoms with Gasteiger partial charge in [-0.15, -0.1) is 0 Å². The van der Waals surface area contributed by atoms with Crippen LogP contribution in [0.3, 0.4) is 0 Å². The van der Waals surface area contributed by atoms with Gasteiger partial charge in [0.05, 0.1) is 13.2 Å². The molecule has 0 aliphatic rings. The average Bonchev–Trinajstić information content (AvgIpc) is 2.19. The predicted molar refractivity (Wildman–Crippen MR) is 59.3 cm³/mol. The van der Waals surface area contributed by atoms with Crippen molar-refractivity contribution in [3.63, 3.8) is 0 Å². The second-order valence-corrected chi connectivity index (χ2v) is 3.75. The van der Waals surface area contributed by atoms with Gasteiger partial charge in [-0.2, -0.15) is 13.2 Å². The van der Waals surface area contributed by atoms with Crippen molar-refractivity contribution in [1.29, 1.82) is 0 Å². The smallest absolute Gasteiger partial charge is 0.398 e. The average molecular weight is 248 g/mol. The third-order valence-corrected chi connectivity index (χ3v) is 2.27. The van der Waals surface area contributed by atoms with Crippen LogP contribution in [0.25, 0.3) is 0 Å². The van der Waals surface area contributed by atoms with Crippen molar-refractivity contribution in [2.75, 3.05) is 25.4 Å². The van der Waals surface area contributed by atoms with Crippen LogP contribution in [0.15, 0.2) is 24.3 Å². The van der Waals surface area contributed by atoms with Gasteiger partial charge in [0.1, 0.15) is 0 Å². The fourth-order valence-electron chi connectivity index (χ4n) is 1.53. The Balaban J connectivity index is 2.70. The molecule has 0 spiro atoms. The molecule has 0 aliphatic carbocycles. The molecule has 0 radical (unpaired) electrons. The Bertz CT molecular complexity index is 355. The second kappa shape index (κ2) is 5.88. The number of hydrogen-bond donors (Lipinski definition) is 2. The standard InChI is InChI=1S/C11H15F3N2O/c12-11(13,14)8-16(5-6-17)7-9-3-1-2-4-10(9)15/h1-4,17H,5-8,15H2. The lowest BCUT2D eigenvalue weighted by Gasteiger charge is -2.23. The topological polar surface area (TPSA) is 49.5 Å². The molecule has 0 fully saturated rings. The van der Waals surface area contributed by atoms with E-state index < -0.39 is 12.7 Å². The van der Waals surface area contributed by atoms with Crippen molar-refractivity contribution in [2.24, 2.45) is 0 Å². The van der Waals surface area contributed by atoms with Gasteiger partial charge < -0.3 is 10.8 Å². The van der Waals surface area contributed by atoms with Gasteiger partial charge in [0.15, 0.2) is 0 Å². The van der Waals surface area contributed by atoms with Crippen LogP contribution in [0.5, 0.6) is 0 Å². The summed E-state index contributed by atoms with van der Waals surface area (Å²) in [4.78, 5) is 1.12. The Labute approximate surface area is 97.6 Å². The van der Waals surface area contributed by atoms with Crippen LogP contribution in [0, 0.1) is 0 Å². The van der Waals surface area contributed by atoms with Crippen molar-refractivity contribution in [1.82, 2.24) is 4.90 Å². The van der Waals surface area contributed by atoms with Crippen molar-refractivity contribution in [3.8, 4) is 0 Å². The summed E-state index contributed by atoms with van der Waals surface area (Å²) >= 11 is 0. The van der Waals surface area contributed by atoms with Gasteiger partial charge in [0, 0.05) is 18.8 Å². The zero-order chi connectivity index (χ0) is 12.9. The summed E-state index contributed by atoms with van der Waals surface area (Å²) in [5, 5.41) is 8.74. The number of aliphatic hydroxyl groups is 1. The molecule has 3 nitrogen and oxygen atoms in total. The summed E-state index contributed by atoms with van der Waals surface area (Å²) in [5.74, 6) is 0. The maximum Gasteiger partial charge on any atom is 0.401 e. The number of benzene rings is 1. The summed E-state index contributed by atoms with van der Waals surface area (Å²) in [6, 6.07) is 6.76. The van der Waals surface area contributed by atoms with Crippen molar-refractivity contribution < 1.29 is 18.3 Å². The number of aliphatic hydroxyl groups excluding tert-OH is 1. The van der Waals surface area contributed by atoms with E-state index in [0.29, 0.717) is 11.3 Å². The highest BCUT2D eigenvalue weighted by molar-refractivity contribution is 5.46. The van der Waals surface area contributed by atoms with Crippen molar-refractivity contribution >= 4 is 5.69 Å². The van der Waals surface area contributed by atoms with Crippen LogP contribution in [0.2, 0.25) is 0 Å². The minimum Gasteiger partial charge on any atom is -0.398 e. The highest BCUT2D eigenvalue weighted by Crippen LogP contribution is 2.19. The molecule has 1 aromatic rings. The van der Waals surface area contributed by atoms with Gasteiger partial charge >= 0.3 is 6.18 Å². The Morgan fingerprint density at radius 2 is 1.88 bits per heavy atom. The normalized spacial score (nSPS) is 12.1. The first kappa shape index (κ1) is 13.8. The first-order valence-corrected chi connectivity index (χ1v) is 5.15. The lowest BCUT2D eigenvalue weighted by Crippen LogP contribution is -2.35. The number of nitrogens with two attached hydrogens (primary N) is 1. The van der Waals surface area contributed by atoms with Crippen LogP contribution in [0.1, 0.15) is 5.56 Å². The van der Waals surface area contributed by atoms with Gasteiger partial charge in [-0.05, 0) is 11.6 Å². The zero-order valence-electron chi connectivity index (χ0n) is 9.24. The van der Waals surface area contributed by atoms with Crippen LogP contribution in [0.4, 0.5) is 18.9 Å². The fourth-order valence-corrected chi connectivity index (χ4v) is 1.53. The molecular formula is C11H15F3N2O. The molecule has 0 heterocycles. The molecule has 0 saturated carbocycles. The summed E-state index contributed by atoms with van der Waals surface area (Å²) in [6.45, 7) is -1.33. The van der Waals surface area contributed by atoms with E-state index in [1.165, 1.54) is 0 Å². The number of rotatable bonds is 5. The highest BCUT2D eigenvalue weighted by Gasteiger charge is 2.30. The van der Waals surface area contributed by atoms with E-state index in [4.69, 9.17) is 10.8 Å². The van der Waals surface area contributed by atoms with Crippen LogP contribution < -0.4 is 5.73 Å². The Morgan fingerprint density at radius 3 is 2.41 bits per heavy atom. The van der Waals surface area contributed by atoms with Gasteiger partial charge in [0.2, 0.25) is 0 Å². The molecular weight excluding hydrogens is 233 g/mol. The van der Waals surface area contributed by atoms with Gasteiger partial charge in [0.25, 0.3) is 0 Å². The molecule has 0 amide bonds. The Kier molecular flexibility index (Phi) is 4.77. The van der Waals surface area contributed by atoms with E-state index in [-0.39, 0.29) is 19.7 Å². The fraction of sp³-hybridized carbons (Fsp3) is 0.455. The molecule has 1 aromatic carbocycles. The van der Waals surface area contributed by atoms with E-state index in [0.717, 1.165) is 4.90 Å². The monoisotopic (exact) mass is 248 g/mol. The SMILES string of the molecule is Nc1ccccc1CN(CCO)CC(F)(F)F. The minimum absolute atomic E-state index is 0.0339. The maximum atomic E-state index is 12.3. The molecule has 96 valence electrons. The number of nitrogens with zero attached hydrogens (tertiary/aromatic N) is 1. The van der Waals surface area contributed by atoms with E-state index in [1.807, 2.05) is 0 Å². The molecule has 0 aromatic heterocycles. The number of hydrogen-bond acceptors (Lipinski definition) is 3. The van der Waals surface area contributed by atoms with E-state index in [1.54, 1.807) is 24.3 Å². The molecule has 17 heavy (non-hydrogen) atoms. The third kappa shape index (κ3) is 5.06. The first-order chi connectivity index (χ1) is 7.92. The molecule has 0 atom stereocenters. The molecule has 0 saturated heterocycles. The Morgan fingerprint density at radius 1 is 1.24 bits per heavy atom. The summed E-state index contributed by atoms with van der Waals surface area (Å²) in [5.41, 5.74) is 6.74. The number of para-hydroxylation sites is 1. The second-order valence-electron chi connectivity index (χ2n) is 3.75. The van der Waals surface area contributed by atoms with E-state index in [9.17, 15) is 13.2 Å². The lowest BCUT2D eigenvalue weighted by atomic mass is 10.1. The molecule has 3 N–H and O–H groups in total. The predicted octanol–water partition coefficient (Wildman–Crippen LogP) is 1.63. The van der Waals surface area contributed by atoms with Gasteiger partial charge in [-0.3, -0.25) is 4.90 Å². The van der Waals surface area contributed by atoms with Crippen LogP contribution in [-0.4, -0.2) is 35.9 Å². The highest BCUT2D eigenvalue weighted by atomic mass is 19.4. The quantitative estimate of drug-likeness (QED) is 0.779. The molecule has 1 rings (SSSR count). The number of nitrogen functional groups attached to an aromatic ring is 1. The van der Waals surface area contributed by atoms with Crippen LogP contribution in [-0.2, 0) is 6.54 Å². The molecule has 6 heteroatoms. The van der Waals surface area contributed by atoms with Crippen molar-refractivity contribution in [2.45, 2.75) is 12.7 Å². The third-order valence-electron chi connectivity index (χ3n) is 2.27. The molecule has 0 bridgehead atoms. The van der Waals surface area contributed by atoms with E-state index >= 15 is 0 Å². The van der Waals surface area contributed by atoms with Crippen LogP contribution >= 0.6 is 0 Å². The Hall–Kier alpha value is -1.27. The summed E-state index contributed by atoms with van der Waals surface area (Å²) < 4.78 is 36.8. The number of halogens is 3. The minimum atomic E-state index is -4.28.